The summed E-state index contributed by atoms with van der Waals surface area (Å²) in [5, 5.41) is 18.9. The molecular weight excluding hydrogens is 226 g/mol. The second-order valence-electron chi connectivity index (χ2n) is 3.17. The molecule has 0 heterocycles. The molecule has 0 fully saturated rings. The third-order valence-electron chi connectivity index (χ3n) is 1.95. The van der Waals surface area contributed by atoms with Gasteiger partial charge in [-0.25, -0.2) is 4.79 Å². The van der Waals surface area contributed by atoms with Gasteiger partial charge >= 0.3 is 12.0 Å². The number of nitrogens with zero attached hydrogens (tertiary/aromatic N) is 1. The maximum Gasteiger partial charge on any atom is 0.387 e. The molecule has 0 bridgehead atoms. The molecule has 0 saturated carbocycles. The summed E-state index contributed by atoms with van der Waals surface area (Å²) in [6.45, 7) is 0. The van der Waals surface area contributed by atoms with Crippen molar-refractivity contribution in [2.75, 3.05) is 0 Å². The maximum atomic E-state index is 11.3. The highest BCUT2D eigenvalue weighted by molar-refractivity contribution is 6.08. The minimum absolute atomic E-state index is 0.660. The molecule has 1 atom stereocenters. The Bertz CT molecular complexity index is 452. The molecule has 0 aromatic heterocycles. The lowest BCUT2D eigenvalue weighted by Gasteiger charge is -1.99. The fourth-order valence-corrected chi connectivity index (χ4v) is 1.15. The number of carbonyl (C=O) groups excluding carboxylic acids is 1. The standard InChI is InChI=1S/C11H9NO5/c13-9(10(11(14)15)12(16)17)7-6-8-4-2-1-3-5-8/h1-7,10H,(H,14,15)/b7-6+. The van der Waals surface area contributed by atoms with E-state index in [2.05, 4.69) is 0 Å². The number of nitro groups is 1. The quantitative estimate of drug-likeness (QED) is 0.355. The number of carboxylic acids is 1. The lowest BCUT2D eigenvalue weighted by Crippen LogP contribution is -2.36. The van der Waals surface area contributed by atoms with E-state index in [4.69, 9.17) is 5.11 Å². The number of carbonyl (C=O) groups is 2. The SMILES string of the molecule is O=C(O)C(C(=O)/C=C/c1ccccc1)[N+](=O)[O-]. The van der Waals surface area contributed by atoms with E-state index in [0.717, 1.165) is 6.08 Å². The first-order valence-corrected chi connectivity index (χ1v) is 4.65. The largest absolute Gasteiger partial charge is 0.476 e. The molecule has 0 radical (unpaired) electrons. The van der Waals surface area contributed by atoms with Crippen LogP contribution in [0.1, 0.15) is 5.56 Å². The monoisotopic (exact) mass is 235 g/mol. The van der Waals surface area contributed by atoms with Crippen molar-refractivity contribution >= 4 is 17.8 Å². The first-order chi connectivity index (χ1) is 8.02. The van der Waals surface area contributed by atoms with Crippen LogP contribution in [0.15, 0.2) is 36.4 Å². The van der Waals surface area contributed by atoms with Crippen molar-refractivity contribution < 1.29 is 19.6 Å². The van der Waals surface area contributed by atoms with Crippen LogP contribution in [0.4, 0.5) is 0 Å². The van der Waals surface area contributed by atoms with E-state index in [1.807, 2.05) is 0 Å². The van der Waals surface area contributed by atoms with Crippen molar-refractivity contribution in [1.29, 1.82) is 0 Å². The third-order valence-corrected chi connectivity index (χ3v) is 1.95. The summed E-state index contributed by atoms with van der Waals surface area (Å²) < 4.78 is 0. The first kappa shape index (κ1) is 12.6. The first-order valence-electron chi connectivity index (χ1n) is 4.65. The molecule has 1 unspecified atom stereocenters. The maximum absolute atomic E-state index is 11.3. The van der Waals surface area contributed by atoms with Crippen LogP contribution >= 0.6 is 0 Å². The molecule has 1 aromatic carbocycles. The number of ketones is 1. The predicted octanol–water partition coefficient (Wildman–Crippen LogP) is 0.999. The van der Waals surface area contributed by atoms with Crippen molar-refractivity contribution in [1.82, 2.24) is 0 Å². The van der Waals surface area contributed by atoms with E-state index in [0.29, 0.717) is 5.56 Å². The number of hydrogen-bond acceptors (Lipinski definition) is 4. The van der Waals surface area contributed by atoms with Crippen LogP contribution in [0, 0.1) is 10.1 Å². The summed E-state index contributed by atoms with van der Waals surface area (Å²) in [6.07, 6.45) is 2.23. The Balaban J connectivity index is 2.81. The van der Waals surface area contributed by atoms with Crippen LogP contribution in [0.25, 0.3) is 6.08 Å². The van der Waals surface area contributed by atoms with Crippen LogP contribution in [-0.4, -0.2) is 27.8 Å². The van der Waals surface area contributed by atoms with Crippen LogP contribution in [0.5, 0.6) is 0 Å². The van der Waals surface area contributed by atoms with Gasteiger partial charge in [-0.2, -0.15) is 0 Å². The second kappa shape index (κ2) is 5.55. The Morgan fingerprint density at radius 2 is 1.88 bits per heavy atom. The molecule has 1 aromatic rings. The molecule has 1 N–H and O–H groups in total. The lowest BCUT2D eigenvalue weighted by atomic mass is 10.1. The van der Waals surface area contributed by atoms with Crippen LogP contribution in [0.2, 0.25) is 0 Å². The second-order valence-corrected chi connectivity index (χ2v) is 3.17. The van der Waals surface area contributed by atoms with Gasteiger partial charge in [0.15, 0.2) is 0 Å². The summed E-state index contributed by atoms with van der Waals surface area (Å²) in [5.41, 5.74) is 0.660. The lowest BCUT2D eigenvalue weighted by molar-refractivity contribution is -0.495. The Labute approximate surface area is 96.3 Å². The average molecular weight is 235 g/mol. The summed E-state index contributed by atoms with van der Waals surface area (Å²) in [5.74, 6) is -2.83. The third kappa shape index (κ3) is 3.53. The van der Waals surface area contributed by atoms with E-state index in [-0.39, 0.29) is 0 Å². The molecule has 6 nitrogen and oxygen atoms in total. The molecule has 0 aliphatic rings. The Morgan fingerprint density at radius 3 is 2.35 bits per heavy atom. The smallest absolute Gasteiger partial charge is 0.387 e. The zero-order valence-corrected chi connectivity index (χ0v) is 8.65. The molecule has 88 valence electrons. The molecular formula is C11H9NO5. The van der Waals surface area contributed by atoms with Gasteiger partial charge in [0.2, 0.25) is 5.78 Å². The van der Waals surface area contributed by atoms with E-state index >= 15 is 0 Å². The van der Waals surface area contributed by atoms with E-state index in [1.54, 1.807) is 30.3 Å². The van der Waals surface area contributed by atoms with Gasteiger partial charge in [0.05, 0.1) is 0 Å². The minimum atomic E-state index is -2.24. The fourth-order valence-electron chi connectivity index (χ4n) is 1.15. The zero-order valence-electron chi connectivity index (χ0n) is 8.65. The van der Waals surface area contributed by atoms with E-state index in [1.165, 1.54) is 6.08 Å². The van der Waals surface area contributed by atoms with Crippen molar-refractivity contribution in [3.05, 3.63) is 52.1 Å². The molecule has 1 rings (SSSR count). The van der Waals surface area contributed by atoms with Gasteiger partial charge in [0.1, 0.15) is 0 Å². The number of aliphatic carboxylic acids is 1. The summed E-state index contributed by atoms with van der Waals surface area (Å²) >= 11 is 0. The van der Waals surface area contributed by atoms with Crippen molar-refractivity contribution in [3.63, 3.8) is 0 Å². The number of benzene rings is 1. The fraction of sp³-hybridized carbons (Fsp3) is 0.0909. The van der Waals surface area contributed by atoms with Crippen molar-refractivity contribution in [2.45, 2.75) is 6.04 Å². The van der Waals surface area contributed by atoms with Gasteiger partial charge in [-0.3, -0.25) is 14.9 Å². The van der Waals surface area contributed by atoms with Gasteiger partial charge in [-0.1, -0.05) is 36.4 Å². The zero-order chi connectivity index (χ0) is 12.8. The molecule has 6 heteroatoms. The Hall–Kier alpha value is -2.50. The summed E-state index contributed by atoms with van der Waals surface area (Å²) in [6, 6.07) is 6.36. The molecule has 0 spiro atoms. The van der Waals surface area contributed by atoms with Gasteiger partial charge in [0.25, 0.3) is 0 Å². The summed E-state index contributed by atoms with van der Waals surface area (Å²) in [4.78, 5) is 31.0. The molecule has 0 aliphatic heterocycles. The topological polar surface area (TPSA) is 97.5 Å². The van der Waals surface area contributed by atoms with E-state index in [9.17, 15) is 19.7 Å². The van der Waals surface area contributed by atoms with Crippen molar-refractivity contribution in [2.24, 2.45) is 0 Å². The highest BCUT2D eigenvalue weighted by Gasteiger charge is 2.35. The molecule has 0 saturated heterocycles. The van der Waals surface area contributed by atoms with Gasteiger partial charge in [-0.15, -0.1) is 0 Å². The highest BCUT2D eigenvalue weighted by Crippen LogP contribution is 2.03. The van der Waals surface area contributed by atoms with Crippen LogP contribution < -0.4 is 0 Å². The van der Waals surface area contributed by atoms with E-state index < -0.39 is 22.7 Å². The normalized spacial score (nSPS) is 12.2. The number of hydrogen-bond donors (Lipinski definition) is 1. The molecule has 0 aliphatic carbocycles. The predicted molar refractivity (Wildman–Crippen MR) is 58.9 cm³/mol. The highest BCUT2D eigenvalue weighted by atomic mass is 16.6. The van der Waals surface area contributed by atoms with Gasteiger partial charge in [-0.05, 0) is 11.6 Å². The number of rotatable bonds is 5. The number of carboxylic acid groups (broad SMARTS) is 1. The Kier molecular flexibility index (Phi) is 4.10. The Morgan fingerprint density at radius 1 is 1.29 bits per heavy atom. The molecule has 17 heavy (non-hydrogen) atoms. The van der Waals surface area contributed by atoms with Crippen LogP contribution in [0.3, 0.4) is 0 Å². The summed E-state index contributed by atoms with van der Waals surface area (Å²) in [7, 11) is 0. The minimum Gasteiger partial charge on any atom is -0.476 e. The average Bonchev–Trinajstić information content (AvgIpc) is 2.27. The van der Waals surface area contributed by atoms with Gasteiger partial charge < -0.3 is 5.11 Å². The molecule has 0 amide bonds. The van der Waals surface area contributed by atoms with Crippen LogP contribution in [-0.2, 0) is 9.59 Å². The van der Waals surface area contributed by atoms with Gasteiger partial charge in [0, 0.05) is 4.92 Å². The van der Waals surface area contributed by atoms with Crippen molar-refractivity contribution in [3.8, 4) is 0 Å².